The van der Waals surface area contributed by atoms with E-state index in [9.17, 15) is 4.79 Å². The summed E-state index contributed by atoms with van der Waals surface area (Å²) in [6, 6.07) is 0.746. The van der Waals surface area contributed by atoms with E-state index in [4.69, 9.17) is 14.6 Å². The summed E-state index contributed by atoms with van der Waals surface area (Å²) in [5.74, 6) is 0. The number of aliphatic hydroxyl groups excluding tert-OH is 1. The fourth-order valence-corrected chi connectivity index (χ4v) is 2.56. The van der Waals surface area contributed by atoms with Gasteiger partial charge in [-0.1, -0.05) is 0 Å². The largest absolute Gasteiger partial charge is 0.444 e. The molecule has 0 heterocycles. The topological polar surface area (TPSA) is 79.8 Å². The summed E-state index contributed by atoms with van der Waals surface area (Å²) in [5.41, 5.74) is -0.444. The number of amides is 1. The summed E-state index contributed by atoms with van der Waals surface area (Å²) in [6.07, 6.45) is 4.74. The maximum atomic E-state index is 11.7. The first-order valence-corrected chi connectivity index (χ1v) is 8.32. The van der Waals surface area contributed by atoms with Crippen molar-refractivity contribution in [3.05, 3.63) is 0 Å². The van der Waals surface area contributed by atoms with Gasteiger partial charge >= 0.3 is 6.09 Å². The minimum Gasteiger partial charge on any atom is -0.444 e. The Morgan fingerprint density at radius 1 is 1.14 bits per heavy atom. The van der Waals surface area contributed by atoms with Gasteiger partial charge in [-0.3, -0.25) is 0 Å². The molecule has 0 aliphatic heterocycles. The molecule has 1 amide bonds. The molecule has 1 aliphatic carbocycles. The van der Waals surface area contributed by atoms with E-state index in [1.807, 2.05) is 20.8 Å². The van der Waals surface area contributed by atoms with Crippen LogP contribution < -0.4 is 10.6 Å². The van der Waals surface area contributed by atoms with Gasteiger partial charge in [-0.15, -0.1) is 0 Å². The van der Waals surface area contributed by atoms with Gasteiger partial charge in [-0.2, -0.15) is 0 Å². The molecule has 1 rings (SSSR count). The molecule has 130 valence electrons. The highest BCUT2D eigenvalue weighted by Crippen LogP contribution is 2.19. The van der Waals surface area contributed by atoms with Gasteiger partial charge in [0.05, 0.1) is 13.2 Å². The quantitative estimate of drug-likeness (QED) is 0.595. The van der Waals surface area contributed by atoms with Crippen LogP contribution in [0.25, 0.3) is 0 Å². The normalized spacial score (nSPS) is 22.4. The molecular weight excluding hydrogens is 284 g/mol. The van der Waals surface area contributed by atoms with Crippen molar-refractivity contribution < 1.29 is 19.4 Å². The van der Waals surface area contributed by atoms with Gasteiger partial charge in [-0.05, 0) is 59.4 Å². The second kappa shape index (κ2) is 10.0. The zero-order valence-electron chi connectivity index (χ0n) is 14.2. The minimum atomic E-state index is -0.444. The van der Waals surface area contributed by atoms with Crippen LogP contribution in [0.2, 0.25) is 0 Å². The maximum absolute atomic E-state index is 11.7. The summed E-state index contributed by atoms with van der Waals surface area (Å²) in [7, 11) is 0. The molecule has 0 aromatic carbocycles. The standard InChI is InChI=1S/C16H32N2O4/c1-16(2,3)22-15(20)18-14-7-5-13(6-8-14)17-9-4-11-21-12-10-19/h13-14,17,19H,4-12H2,1-3H3,(H,18,20). The number of aliphatic hydroxyl groups is 1. The Morgan fingerprint density at radius 3 is 2.36 bits per heavy atom. The summed E-state index contributed by atoms with van der Waals surface area (Å²) < 4.78 is 10.5. The van der Waals surface area contributed by atoms with E-state index in [-0.39, 0.29) is 18.7 Å². The van der Waals surface area contributed by atoms with Crippen molar-refractivity contribution in [2.45, 2.75) is 70.6 Å². The maximum Gasteiger partial charge on any atom is 0.407 e. The fraction of sp³-hybridized carbons (Fsp3) is 0.938. The van der Waals surface area contributed by atoms with Gasteiger partial charge in [0.2, 0.25) is 0 Å². The molecule has 22 heavy (non-hydrogen) atoms. The lowest BCUT2D eigenvalue weighted by Gasteiger charge is -2.30. The lowest BCUT2D eigenvalue weighted by atomic mass is 9.91. The van der Waals surface area contributed by atoms with Crippen molar-refractivity contribution in [3.63, 3.8) is 0 Å². The molecular formula is C16H32N2O4. The van der Waals surface area contributed by atoms with Gasteiger partial charge in [0.15, 0.2) is 0 Å². The first-order valence-electron chi connectivity index (χ1n) is 8.32. The number of hydrogen-bond donors (Lipinski definition) is 3. The first-order chi connectivity index (χ1) is 10.4. The smallest absolute Gasteiger partial charge is 0.407 e. The second-order valence-corrected chi connectivity index (χ2v) is 6.84. The monoisotopic (exact) mass is 316 g/mol. The summed E-state index contributed by atoms with van der Waals surface area (Å²) in [4.78, 5) is 11.7. The third kappa shape index (κ3) is 9.23. The molecule has 6 heteroatoms. The molecule has 0 bridgehead atoms. The third-order valence-electron chi connectivity index (χ3n) is 3.58. The van der Waals surface area contributed by atoms with E-state index in [1.165, 1.54) is 0 Å². The molecule has 6 nitrogen and oxygen atoms in total. The SMILES string of the molecule is CC(C)(C)OC(=O)NC1CCC(NCCCOCCO)CC1. The van der Waals surface area contributed by atoms with Crippen LogP contribution in [-0.4, -0.2) is 55.2 Å². The highest BCUT2D eigenvalue weighted by molar-refractivity contribution is 5.68. The predicted octanol–water partition coefficient (Wildman–Crippen LogP) is 1.81. The number of ether oxygens (including phenoxy) is 2. The molecule has 3 N–H and O–H groups in total. The molecule has 1 aliphatic rings. The average Bonchev–Trinajstić information content (AvgIpc) is 2.42. The summed E-state index contributed by atoms with van der Waals surface area (Å²) in [5, 5.41) is 15.1. The fourth-order valence-electron chi connectivity index (χ4n) is 2.56. The Morgan fingerprint density at radius 2 is 1.77 bits per heavy atom. The van der Waals surface area contributed by atoms with Crippen molar-refractivity contribution in [1.29, 1.82) is 0 Å². The zero-order chi connectivity index (χ0) is 16.4. The predicted molar refractivity (Wildman–Crippen MR) is 85.9 cm³/mol. The highest BCUT2D eigenvalue weighted by Gasteiger charge is 2.24. The lowest BCUT2D eigenvalue weighted by Crippen LogP contribution is -2.44. The van der Waals surface area contributed by atoms with E-state index in [1.54, 1.807) is 0 Å². The molecule has 1 fully saturated rings. The number of nitrogens with one attached hydrogen (secondary N) is 2. The van der Waals surface area contributed by atoms with Crippen LogP contribution in [0.15, 0.2) is 0 Å². The van der Waals surface area contributed by atoms with E-state index in [2.05, 4.69) is 10.6 Å². The summed E-state index contributed by atoms with van der Waals surface area (Å²) >= 11 is 0. The van der Waals surface area contributed by atoms with Gasteiger partial charge in [0, 0.05) is 18.7 Å². The number of carbonyl (C=O) groups is 1. The Labute approximate surface area is 133 Å². The number of alkyl carbamates (subject to hydrolysis) is 1. The van der Waals surface area contributed by atoms with Crippen molar-refractivity contribution in [3.8, 4) is 0 Å². The first kappa shape index (κ1) is 19.2. The minimum absolute atomic E-state index is 0.0854. The molecule has 0 radical (unpaired) electrons. The van der Waals surface area contributed by atoms with E-state index >= 15 is 0 Å². The Hall–Kier alpha value is -0.850. The van der Waals surface area contributed by atoms with Crippen LogP contribution in [0.4, 0.5) is 4.79 Å². The van der Waals surface area contributed by atoms with Crippen molar-refractivity contribution in [2.75, 3.05) is 26.4 Å². The van der Waals surface area contributed by atoms with Crippen molar-refractivity contribution >= 4 is 6.09 Å². The van der Waals surface area contributed by atoms with E-state index in [0.717, 1.165) is 38.6 Å². The van der Waals surface area contributed by atoms with Crippen molar-refractivity contribution in [1.82, 2.24) is 10.6 Å². The van der Waals surface area contributed by atoms with Gasteiger partial charge in [0.25, 0.3) is 0 Å². The molecule has 1 saturated carbocycles. The zero-order valence-corrected chi connectivity index (χ0v) is 14.2. The molecule has 0 aromatic rings. The van der Waals surface area contributed by atoms with Gasteiger partial charge < -0.3 is 25.2 Å². The Kier molecular flexibility index (Phi) is 8.75. The molecule has 0 atom stereocenters. The molecule has 0 saturated heterocycles. The Bertz CT molecular complexity index is 310. The average molecular weight is 316 g/mol. The van der Waals surface area contributed by atoms with Crippen LogP contribution in [-0.2, 0) is 9.47 Å². The van der Waals surface area contributed by atoms with E-state index in [0.29, 0.717) is 19.3 Å². The third-order valence-corrected chi connectivity index (χ3v) is 3.58. The van der Waals surface area contributed by atoms with Crippen LogP contribution in [0.3, 0.4) is 0 Å². The highest BCUT2D eigenvalue weighted by atomic mass is 16.6. The van der Waals surface area contributed by atoms with Crippen LogP contribution in [0.5, 0.6) is 0 Å². The van der Waals surface area contributed by atoms with E-state index < -0.39 is 5.60 Å². The Balaban J connectivity index is 2.07. The number of rotatable bonds is 8. The molecule has 0 spiro atoms. The second-order valence-electron chi connectivity index (χ2n) is 6.84. The molecule has 0 aromatic heterocycles. The summed E-state index contributed by atoms with van der Waals surface area (Å²) in [6.45, 7) is 7.74. The van der Waals surface area contributed by atoms with Crippen LogP contribution in [0.1, 0.15) is 52.9 Å². The number of hydrogen-bond acceptors (Lipinski definition) is 5. The molecule has 0 unspecified atom stereocenters. The van der Waals surface area contributed by atoms with Crippen molar-refractivity contribution in [2.24, 2.45) is 0 Å². The van der Waals surface area contributed by atoms with Crippen LogP contribution in [0, 0.1) is 0 Å². The van der Waals surface area contributed by atoms with Crippen LogP contribution >= 0.6 is 0 Å². The van der Waals surface area contributed by atoms with Gasteiger partial charge in [0.1, 0.15) is 5.60 Å². The van der Waals surface area contributed by atoms with Gasteiger partial charge in [-0.25, -0.2) is 4.79 Å². The lowest BCUT2D eigenvalue weighted by molar-refractivity contribution is 0.0489. The number of carbonyl (C=O) groups excluding carboxylic acids is 1.